The van der Waals surface area contributed by atoms with Crippen molar-refractivity contribution in [2.24, 2.45) is 17.3 Å². The molecular weight excluding hydrogens is 188 g/mol. The number of hydrogen-bond donors (Lipinski definition) is 0. The Balaban J connectivity index is 2.87. The van der Waals surface area contributed by atoms with Gasteiger partial charge in [0.1, 0.15) is 0 Å². The third-order valence-corrected chi connectivity index (χ3v) is 4.26. The highest BCUT2D eigenvalue weighted by Crippen LogP contribution is 2.43. The van der Waals surface area contributed by atoms with Crippen LogP contribution >= 0.6 is 0 Å². The second kappa shape index (κ2) is 4.09. The number of rotatable bonds is 1. The molecule has 0 bridgehead atoms. The molecule has 82 valence electrons. The Morgan fingerprint density at radius 2 is 1.93 bits per heavy atom. The molecule has 2 unspecified atom stereocenters. The van der Waals surface area contributed by atoms with Crippen molar-refractivity contribution in [1.82, 2.24) is 0 Å². The molecule has 0 aromatic carbocycles. The fraction of sp³-hybridized carbons (Fsp3) is 0.833. The lowest BCUT2D eigenvalue weighted by Gasteiger charge is -2.40. The second-order valence-corrected chi connectivity index (χ2v) is 6.02. The molecule has 0 saturated carbocycles. The molecule has 0 aromatic heterocycles. The van der Waals surface area contributed by atoms with Crippen molar-refractivity contribution < 1.29 is 4.43 Å². The molecule has 0 radical (unpaired) electrons. The maximum absolute atomic E-state index is 5.55. The molecule has 0 saturated heterocycles. The van der Waals surface area contributed by atoms with Gasteiger partial charge < -0.3 is 4.43 Å². The fourth-order valence-corrected chi connectivity index (χ4v) is 3.26. The van der Waals surface area contributed by atoms with Crippen LogP contribution in [0, 0.1) is 17.3 Å². The molecule has 2 heteroatoms. The average Bonchev–Trinajstić information content (AvgIpc) is 2.07. The lowest BCUT2D eigenvalue weighted by atomic mass is 9.66. The monoisotopic (exact) mass is 212 g/mol. The van der Waals surface area contributed by atoms with E-state index in [-0.39, 0.29) is 0 Å². The number of allylic oxidation sites excluding steroid dienone is 2. The van der Waals surface area contributed by atoms with E-state index in [9.17, 15) is 0 Å². The van der Waals surface area contributed by atoms with Crippen molar-refractivity contribution in [2.45, 2.75) is 47.5 Å². The summed E-state index contributed by atoms with van der Waals surface area (Å²) >= 11 is 0. The van der Waals surface area contributed by atoms with Crippen LogP contribution in [0.3, 0.4) is 0 Å². The molecule has 0 spiro atoms. The first-order chi connectivity index (χ1) is 6.38. The van der Waals surface area contributed by atoms with E-state index in [0.29, 0.717) is 11.3 Å². The van der Waals surface area contributed by atoms with Crippen LogP contribution in [-0.4, -0.2) is 10.5 Å². The van der Waals surface area contributed by atoms with Gasteiger partial charge >= 0.3 is 0 Å². The van der Waals surface area contributed by atoms with Crippen LogP contribution in [0.15, 0.2) is 11.3 Å². The zero-order valence-corrected chi connectivity index (χ0v) is 12.5. The number of hydrogen-bond acceptors (Lipinski definition) is 1. The Morgan fingerprint density at radius 1 is 1.36 bits per heavy atom. The van der Waals surface area contributed by atoms with E-state index >= 15 is 0 Å². The third kappa shape index (κ3) is 2.22. The minimum atomic E-state index is 0.428. The summed E-state index contributed by atoms with van der Waals surface area (Å²) in [5.74, 6) is 2.78. The van der Waals surface area contributed by atoms with Gasteiger partial charge in [-0.05, 0) is 36.2 Å². The van der Waals surface area contributed by atoms with Crippen LogP contribution in [0.4, 0.5) is 0 Å². The van der Waals surface area contributed by atoms with Gasteiger partial charge in [-0.15, -0.1) is 0 Å². The van der Waals surface area contributed by atoms with Gasteiger partial charge in [0.2, 0.25) is 10.5 Å². The first-order valence-corrected chi connectivity index (χ1v) is 6.43. The van der Waals surface area contributed by atoms with Gasteiger partial charge in [-0.2, -0.15) is 0 Å². The van der Waals surface area contributed by atoms with Crippen LogP contribution in [0.1, 0.15) is 47.5 Å². The summed E-state index contributed by atoms with van der Waals surface area (Å²) in [6.07, 6.45) is 2.45. The van der Waals surface area contributed by atoms with E-state index in [0.717, 1.165) is 22.8 Å². The molecule has 0 N–H and O–H groups in total. The van der Waals surface area contributed by atoms with Crippen LogP contribution in [0.2, 0.25) is 0 Å². The first-order valence-electron chi connectivity index (χ1n) is 5.61. The summed E-state index contributed by atoms with van der Waals surface area (Å²) in [5, 5.41) is 0. The van der Waals surface area contributed by atoms with Gasteiger partial charge in [0.05, 0.1) is 5.76 Å². The van der Waals surface area contributed by atoms with Gasteiger partial charge in [-0.3, -0.25) is 0 Å². The quantitative estimate of drug-likeness (QED) is 0.607. The standard InChI is InChI=1S/C12H24OSi/c1-8-9(2)11(13-14)7-6-10(8)12(3,4)5/h8,10H,6-7H2,1-5,14H3. The van der Waals surface area contributed by atoms with Crippen LogP contribution < -0.4 is 0 Å². The summed E-state index contributed by atoms with van der Waals surface area (Å²) in [5.41, 5.74) is 1.92. The van der Waals surface area contributed by atoms with Gasteiger partial charge in [0.15, 0.2) is 0 Å². The first kappa shape index (κ1) is 11.8. The molecule has 0 amide bonds. The minimum absolute atomic E-state index is 0.428. The van der Waals surface area contributed by atoms with Crippen molar-refractivity contribution in [3.63, 3.8) is 0 Å². The Bertz CT molecular complexity index is 237. The largest absolute Gasteiger partial charge is 0.556 e. The lowest BCUT2D eigenvalue weighted by Crippen LogP contribution is -2.31. The van der Waals surface area contributed by atoms with E-state index in [1.54, 1.807) is 0 Å². The van der Waals surface area contributed by atoms with Crippen LogP contribution in [-0.2, 0) is 4.43 Å². The second-order valence-electron chi connectivity index (χ2n) is 5.61. The highest BCUT2D eigenvalue weighted by atomic mass is 28.2. The fourth-order valence-electron chi connectivity index (χ4n) is 2.74. The molecule has 0 aromatic rings. The predicted molar refractivity (Wildman–Crippen MR) is 65.1 cm³/mol. The van der Waals surface area contributed by atoms with Crippen molar-refractivity contribution in [3.05, 3.63) is 11.3 Å². The van der Waals surface area contributed by atoms with Gasteiger partial charge in [0, 0.05) is 6.42 Å². The normalized spacial score (nSPS) is 29.5. The molecule has 0 aliphatic heterocycles. The van der Waals surface area contributed by atoms with Gasteiger partial charge in [0.25, 0.3) is 0 Å². The maximum Gasteiger partial charge on any atom is 0.203 e. The van der Waals surface area contributed by atoms with Gasteiger partial charge in [-0.25, -0.2) is 0 Å². The molecule has 1 aliphatic rings. The van der Waals surface area contributed by atoms with Crippen molar-refractivity contribution >= 4 is 10.5 Å². The smallest absolute Gasteiger partial charge is 0.203 e. The molecule has 0 fully saturated rings. The highest BCUT2D eigenvalue weighted by Gasteiger charge is 2.34. The summed E-state index contributed by atoms with van der Waals surface area (Å²) in [7, 11) is 0.834. The Kier molecular flexibility index (Phi) is 3.46. The highest BCUT2D eigenvalue weighted by molar-refractivity contribution is 5.98. The SMILES string of the molecule is CC1=C(O[SiH3])CCC(C(C)(C)C)C1C. The Morgan fingerprint density at radius 3 is 2.36 bits per heavy atom. The molecule has 14 heavy (non-hydrogen) atoms. The summed E-state index contributed by atoms with van der Waals surface area (Å²) < 4.78 is 5.55. The topological polar surface area (TPSA) is 9.23 Å². The molecule has 1 rings (SSSR count). The van der Waals surface area contributed by atoms with Crippen LogP contribution in [0.5, 0.6) is 0 Å². The zero-order valence-electron chi connectivity index (χ0n) is 10.5. The minimum Gasteiger partial charge on any atom is -0.556 e. The van der Waals surface area contributed by atoms with E-state index in [1.165, 1.54) is 17.8 Å². The van der Waals surface area contributed by atoms with E-state index in [1.807, 2.05) is 0 Å². The lowest BCUT2D eigenvalue weighted by molar-refractivity contribution is 0.153. The third-order valence-electron chi connectivity index (χ3n) is 3.77. The molecule has 2 atom stereocenters. The summed E-state index contributed by atoms with van der Waals surface area (Å²) in [6.45, 7) is 11.7. The van der Waals surface area contributed by atoms with Gasteiger partial charge in [-0.1, -0.05) is 27.7 Å². The maximum atomic E-state index is 5.55. The van der Waals surface area contributed by atoms with Crippen molar-refractivity contribution in [1.29, 1.82) is 0 Å². The molecular formula is C12H24OSi. The Labute approximate surface area is 91.5 Å². The summed E-state index contributed by atoms with van der Waals surface area (Å²) in [4.78, 5) is 0. The van der Waals surface area contributed by atoms with E-state index in [2.05, 4.69) is 34.6 Å². The van der Waals surface area contributed by atoms with Crippen molar-refractivity contribution in [2.75, 3.05) is 0 Å². The molecule has 1 nitrogen and oxygen atoms in total. The predicted octanol–water partition coefficient (Wildman–Crippen LogP) is 2.65. The molecule has 0 heterocycles. The van der Waals surface area contributed by atoms with Crippen molar-refractivity contribution in [3.8, 4) is 0 Å². The molecule has 1 aliphatic carbocycles. The van der Waals surface area contributed by atoms with E-state index < -0.39 is 0 Å². The van der Waals surface area contributed by atoms with E-state index in [4.69, 9.17) is 4.43 Å². The van der Waals surface area contributed by atoms with Crippen LogP contribution in [0.25, 0.3) is 0 Å². The summed E-state index contributed by atoms with van der Waals surface area (Å²) in [6, 6.07) is 0. The average molecular weight is 212 g/mol. The zero-order chi connectivity index (χ0) is 10.9. The Hall–Kier alpha value is -0.243.